The van der Waals surface area contributed by atoms with Crippen molar-refractivity contribution >= 4 is 36.5 Å². The Kier molecular flexibility index (Phi) is 11.7. The smallest absolute Gasteiger partial charge is 0.408 e. The highest BCUT2D eigenvalue weighted by Gasteiger charge is 2.35. The van der Waals surface area contributed by atoms with Crippen LogP contribution in [0, 0.1) is 0 Å². The molecule has 0 fully saturated rings. The van der Waals surface area contributed by atoms with E-state index in [0.717, 1.165) is 0 Å². The largest absolute Gasteiger partial charge is 0.508 e. The van der Waals surface area contributed by atoms with Crippen molar-refractivity contribution in [3.63, 3.8) is 0 Å². The summed E-state index contributed by atoms with van der Waals surface area (Å²) in [6.45, 7) is 8.86. The molecule has 0 saturated heterocycles. The summed E-state index contributed by atoms with van der Waals surface area (Å²) in [6, 6.07) is 3.73. The number of thiol groups is 1. The zero-order chi connectivity index (χ0) is 25.9. The topological polar surface area (TPSA) is 134 Å². The van der Waals surface area contributed by atoms with Crippen molar-refractivity contribution < 1.29 is 33.8 Å². The Balaban J connectivity index is 3.14. The van der Waals surface area contributed by atoms with Gasteiger partial charge in [-0.25, -0.2) is 4.79 Å². The fourth-order valence-electron chi connectivity index (χ4n) is 3.05. The van der Waals surface area contributed by atoms with Crippen LogP contribution in [0.1, 0.15) is 52.6 Å². The van der Waals surface area contributed by atoms with E-state index in [1.807, 2.05) is 0 Å². The van der Waals surface area contributed by atoms with Gasteiger partial charge in [-0.2, -0.15) is 12.6 Å². The summed E-state index contributed by atoms with van der Waals surface area (Å²) < 4.78 is 10.1. The minimum Gasteiger partial charge on any atom is -0.508 e. The van der Waals surface area contributed by atoms with Crippen molar-refractivity contribution in [3.05, 3.63) is 29.8 Å². The third-order valence-electron chi connectivity index (χ3n) is 4.50. The summed E-state index contributed by atoms with van der Waals surface area (Å²) in [5, 5.41) is 14.8. The molecule has 3 amide bonds. The average molecular weight is 498 g/mol. The molecule has 0 bridgehead atoms. The number of nitrogens with one attached hydrogen (secondary N) is 2. The van der Waals surface area contributed by atoms with E-state index >= 15 is 0 Å². The number of aromatic hydroxyl groups is 1. The van der Waals surface area contributed by atoms with E-state index in [0.29, 0.717) is 5.56 Å². The minimum absolute atomic E-state index is 0.000536. The molecule has 0 aliphatic rings. The molecule has 0 aromatic heterocycles. The van der Waals surface area contributed by atoms with Gasteiger partial charge in [0.1, 0.15) is 23.4 Å². The van der Waals surface area contributed by atoms with Crippen molar-refractivity contribution in [3.8, 4) is 5.75 Å². The number of nitrogens with zero attached hydrogens (tertiary/aromatic N) is 1. The van der Waals surface area contributed by atoms with Gasteiger partial charge >= 0.3 is 12.1 Å². The Morgan fingerprint density at radius 1 is 1.12 bits per heavy atom. The van der Waals surface area contributed by atoms with E-state index < -0.39 is 41.6 Å². The number of esters is 1. The summed E-state index contributed by atoms with van der Waals surface area (Å²) in [6.07, 6.45) is -0.808. The number of benzene rings is 1. The van der Waals surface area contributed by atoms with Gasteiger partial charge in [0.15, 0.2) is 0 Å². The van der Waals surface area contributed by atoms with Gasteiger partial charge in [-0.1, -0.05) is 12.1 Å². The molecule has 2 unspecified atom stereocenters. The van der Waals surface area contributed by atoms with Crippen LogP contribution in [0.5, 0.6) is 5.75 Å². The van der Waals surface area contributed by atoms with E-state index in [1.165, 1.54) is 29.2 Å². The zero-order valence-electron chi connectivity index (χ0n) is 20.3. The first-order valence-electron chi connectivity index (χ1n) is 11.1. The lowest BCUT2D eigenvalue weighted by Gasteiger charge is -2.33. The van der Waals surface area contributed by atoms with E-state index in [4.69, 9.17) is 9.47 Å². The molecule has 0 saturated carbocycles. The fourth-order valence-corrected chi connectivity index (χ4v) is 3.30. The van der Waals surface area contributed by atoms with E-state index in [9.17, 15) is 24.3 Å². The second-order valence-corrected chi connectivity index (χ2v) is 8.71. The van der Waals surface area contributed by atoms with Gasteiger partial charge in [-0.05, 0) is 52.3 Å². The van der Waals surface area contributed by atoms with Crippen molar-refractivity contribution in [2.24, 2.45) is 0 Å². The number of amides is 3. The Hall–Kier alpha value is -2.95. The molecule has 0 aliphatic carbocycles. The SMILES string of the molecule is CCOC(=O)CCNC(=O)C(c1ccc(O)cc1)N(CC)C(=O)C(CS)NC(=O)OC(C)(C)C. The standard InChI is InChI=1S/C23H35N3O7S/c1-6-26(21(30)17(14-34)25-22(31)33-23(3,4)5)19(15-8-10-16(27)11-9-15)20(29)24-13-12-18(28)32-7-2/h8-11,17,19,27,34H,6-7,12-14H2,1-5H3,(H,24,29)(H,25,31). The fraction of sp³-hybridized carbons (Fsp3) is 0.565. The van der Waals surface area contributed by atoms with E-state index in [-0.39, 0.29) is 37.6 Å². The lowest BCUT2D eigenvalue weighted by molar-refractivity contribution is -0.144. The van der Waals surface area contributed by atoms with Gasteiger partial charge in [0.25, 0.3) is 0 Å². The predicted molar refractivity (Wildman–Crippen MR) is 130 cm³/mol. The number of alkyl carbamates (subject to hydrolysis) is 1. The maximum atomic E-state index is 13.4. The van der Waals surface area contributed by atoms with Gasteiger partial charge in [0.05, 0.1) is 13.0 Å². The lowest BCUT2D eigenvalue weighted by Crippen LogP contribution is -2.53. The molecule has 1 aromatic carbocycles. The summed E-state index contributed by atoms with van der Waals surface area (Å²) in [5.74, 6) is -1.55. The first kappa shape index (κ1) is 29.1. The van der Waals surface area contributed by atoms with Crippen LogP contribution in [0.4, 0.5) is 4.79 Å². The van der Waals surface area contributed by atoms with Crippen LogP contribution in [-0.4, -0.2) is 71.0 Å². The van der Waals surface area contributed by atoms with Crippen LogP contribution in [0.15, 0.2) is 24.3 Å². The molecule has 0 radical (unpaired) electrons. The van der Waals surface area contributed by atoms with Crippen molar-refractivity contribution in [2.75, 3.05) is 25.4 Å². The third kappa shape index (κ3) is 9.50. The molecular formula is C23H35N3O7S. The van der Waals surface area contributed by atoms with Crippen LogP contribution in [0.25, 0.3) is 0 Å². The number of rotatable bonds is 11. The lowest BCUT2D eigenvalue weighted by atomic mass is 10.0. The summed E-state index contributed by atoms with van der Waals surface area (Å²) in [4.78, 5) is 51.6. The van der Waals surface area contributed by atoms with Gasteiger partial charge in [0.2, 0.25) is 11.8 Å². The van der Waals surface area contributed by atoms with Gasteiger partial charge in [-0.3, -0.25) is 14.4 Å². The maximum absolute atomic E-state index is 13.4. The highest BCUT2D eigenvalue weighted by molar-refractivity contribution is 7.80. The zero-order valence-corrected chi connectivity index (χ0v) is 21.2. The van der Waals surface area contributed by atoms with Gasteiger partial charge in [0, 0.05) is 18.8 Å². The van der Waals surface area contributed by atoms with Crippen LogP contribution in [0.3, 0.4) is 0 Å². The number of phenols is 1. The molecule has 34 heavy (non-hydrogen) atoms. The Labute approximate surface area is 205 Å². The number of carbonyl (C=O) groups excluding carboxylic acids is 4. The van der Waals surface area contributed by atoms with E-state index in [2.05, 4.69) is 23.3 Å². The number of ether oxygens (including phenoxy) is 2. The quantitative estimate of drug-likeness (QED) is 0.272. The number of hydrogen-bond donors (Lipinski definition) is 4. The molecular weight excluding hydrogens is 462 g/mol. The Morgan fingerprint density at radius 3 is 2.24 bits per heavy atom. The number of carbonyl (C=O) groups is 4. The van der Waals surface area contributed by atoms with Crippen molar-refractivity contribution in [2.45, 2.75) is 58.7 Å². The number of hydrogen-bond acceptors (Lipinski definition) is 8. The highest BCUT2D eigenvalue weighted by Crippen LogP contribution is 2.24. The average Bonchev–Trinajstić information content (AvgIpc) is 2.75. The van der Waals surface area contributed by atoms with Crippen LogP contribution in [-0.2, 0) is 23.9 Å². The normalized spacial score (nSPS) is 12.8. The molecule has 3 N–H and O–H groups in total. The van der Waals surface area contributed by atoms with E-state index in [1.54, 1.807) is 34.6 Å². The second-order valence-electron chi connectivity index (χ2n) is 8.35. The molecule has 10 nitrogen and oxygen atoms in total. The highest BCUT2D eigenvalue weighted by atomic mass is 32.1. The molecule has 1 aromatic rings. The van der Waals surface area contributed by atoms with Crippen LogP contribution < -0.4 is 10.6 Å². The van der Waals surface area contributed by atoms with Crippen molar-refractivity contribution in [1.29, 1.82) is 0 Å². The number of likely N-dealkylation sites (N-methyl/N-ethyl adjacent to an activating group) is 1. The third-order valence-corrected chi connectivity index (χ3v) is 4.86. The molecule has 0 heterocycles. The second kappa shape index (κ2) is 13.7. The summed E-state index contributed by atoms with van der Waals surface area (Å²) in [5.41, 5.74) is -0.316. The van der Waals surface area contributed by atoms with Gasteiger partial charge < -0.3 is 30.1 Å². The van der Waals surface area contributed by atoms with Crippen LogP contribution in [0.2, 0.25) is 0 Å². The Morgan fingerprint density at radius 2 is 1.74 bits per heavy atom. The summed E-state index contributed by atoms with van der Waals surface area (Å²) in [7, 11) is 0. The first-order chi connectivity index (χ1) is 15.9. The molecule has 0 spiro atoms. The monoisotopic (exact) mass is 497 g/mol. The first-order valence-corrected chi connectivity index (χ1v) is 11.7. The molecule has 11 heteroatoms. The molecule has 1 rings (SSSR count). The molecule has 190 valence electrons. The minimum atomic E-state index is -1.08. The number of phenolic OH excluding ortho intramolecular Hbond substituents is 1. The Bertz CT molecular complexity index is 840. The molecule has 2 atom stereocenters. The predicted octanol–water partition coefficient (Wildman–Crippen LogP) is 2.17. The maximum Gasteiger partial charge on any atom is 0.408 e. The molecule has 0 aliphatic heterocycles. The summed E-state index contributed by atoms with van der Waals surface area (Å²) >= 11 is 4.19. The van der Waals surface area contributed by atoms with Crippen LogP contribution >= 0.6 is 12.6 Å². The van der Waals surface area contributed by atoms with Crippen molar-refractivity contribution in [1.82, 2.24) is 15.5 Å². The van der Waals surface area contributed by atoms with Gasteiger partial charge in [-0.15, -0.1) is 0 Å².